The minimum Gasteiger partial charge on any atom is -0.409 e. The van der Waals surface area contributed by atoms with Crippen LogP contribution in [-0.4, -0.2) is 59.8 Å². The fourth-order valence-electron chi connectivity index (χ4n) is 2.83. The van der Waals surface area contributed by atoms with Crippen LogP contribution in [0.25, 0.3) is 0 Å². The van der Waals surface area contributed by atoms with Crippen molar-refractivity contribution < 1.29 is 23.1 Å². The third-order valence-electron chi connectivity index (χ3n) is 3.43. The molecule has 0 aliphatic carbocycles. The van der Waals surface area contributed by atoms with Crippen molar-refractivity contribution in [3.05, 3.63) is 0 Å². The van der Waals surface area contributed by atoms with Gasteiger partial charge >= 0.3 is 0 Å². The minimum atomic E-state index is -1.80. The predicted octanol–water partition coefficient (Wildman–Crippen LogP) is 1.69. The van der Waals surface area contributed by atoms with Gasteiger partial charge in [0.25, 0.3) is 0 Å². The Morgan fingerprint density at radius 3 is 2.18 bits per heavy atom. The first-order chi connectivity index (χ1) is 9.96. The molecule has 0 aromatic heterocycles. The summed E-state index contributed by atoms with van der Waals surface area (Å²) < 4.78 is 24.4. The van der Waals surface area contributed by atoms with Crippen molar-refractivity contribution >= 4 is 22.5 Å². The van der Waals surface area contributed by atoms with Crippen LogP contribution in [-0.2, 0) is 23.1 Å². The zero-order valence-electron chi connectivity index (χ0n) is 14.6. The molecule has 0 spiro atoms. The number of hydrogen-bond donors (Lipinski definition) is 1. The van der Waals surface area contributed by atoms with Gasteiger partial charge in [-0.25, -0.2) is 0 Å². The highest BCUT2D eigenvalue weighted by Gasteiger charge is 2.54. The lowest BCUT2D eigenvalue weighted by Gasteiger charge is -2.43. The summed E-state index contributed by atoms with van der Waals surface area (Å²) in [6.07, 6.45) is -0.932. The van der Waals surface area contributed by atoms with E-state index in [1.807, 2.05) is 0 Å². The molecule has 22 heavy (non-hydrogen) atoms. The number of ether oxygens (including phenoxy) is 2. The van der Waals surface area contributed by atoms with Crippen LogP contribution >= 0.6 is 0 Å². The Morgan fingerprint density at radius 2 is 1.68 bits per heavy atom. The predicted molar refractivity (Wildman–Crippen MR) is 88.7 cm³/mol. The maximum atomic E-state index is 11.6. The lowest BCUT2D eigenvalue weighted by molar-refractivity contribution is -0.193. The second kappa shape index (κ2) is 6.33. The molecule has 2 aliphatic heterocycles. The van der Waals surface area contributed by atoms with Crippen molar-refractivity contribution in [1.29, 1.82) is 0 Å². The summed E-state index contributed by atoms with van der Waals surface area (Å²) in [5.74, 6) is -0.113. The molecule has 1 N–H and O–H groups in total. The van der Waals surface area contributed by atoms with Gasteiger partial charge in [0, 0.05) is 6.92 Å². The first-order valence-corrected chi connectivity index (χ1v) is 14.7. The highest BCUT2D eigenvalue weighted by Crippen LogP contribution is 2.35. The first-order valence-electron chi connectivity index (χ1n) is 7.86. The van der Waals surface area contributed by atoms with E-state index in [9.17, 15) is 4.79 Å². The molecule has 2 aliphatic rings. The summed E-state index contributed by atoms with van der Waals surface area (Å²) in [5.41, 5.74) is 0. The van der Waals surface area contributed by atoms with Gasteiger partial charge in [-0.2, -0.15) is 0 Å². The molecule has 2 bridgehead atoms. The largest absolute Gasteiger partial charge is 0.409 e. The summed E-state index contributed by atoms with van der Waals surface area (Å²) in [6.45, 7) is 14.7. The lowest BCUT2D eigenvalue weighted by Crippen LogP contribution is -2.63. The Kier molecular flexibility index (Phi) is 5.20. The highest BCUT2D eigenvalue weighted by molar-refractivity contribution is 6.70. The van der Waals surface area contributed by atoms with Gasteiger partial charge in [-0.1, -0.05) is 0 Å². The van der Waals surface area contributed by atoms with Gasteiger partial charge in [-0.3, -0.25) is 4.79 Å². The summed E-state index contributed by atoms with van der Waals surface area (Å²) in [4.78, 5) is 11.6. The van der Waals surface area contributed by atoms with Gasteiger partial charge in [0.15, 0.2) is 22.9 Å². The smallest absolute Gasteiger partial charge is 0.217 e. The zero-order chi connectivity index (χ0) is 16.7. The van der Waals surface area contributed by atoms with Gasteiger partial charge in [-0.05, 0) is 39.3 Å². The standard InChI is InChI=1S/C14H29NO5Si2/c1-9(16)15-11-13-12(19-21(2,3)4)10(8-17-13)18-14(11)20-22(5,6)7/h10-14H,8H2,1-7H3,(H,15,16). The molecule has 2 heterocycles. The number of nitrogens with one attached hydrogen (secondary N) is 1. The van der Waals surface area contributed by atoms with Crippen LogP contribution < -0.4 is 5.32 Å². The Morgan fingerprint density at radius 1 is 1.09 bits per heavy atom. The summed E-state index contributed by atoms with van der Waals surface area (Å²) in [5, 5.41) is 2.94. The molecule has 0 radical (unpaired) electrons. The highest BCUT2D eigenvalue weighted by atomic mass is 28.4. The van der Waals surface area contributed by atoms with Gasteiger partial charge in [0.1, 0.15) is 24.4 Å². The van der Waals surface area contributed by atoms with Gasteiger partial charge in [-0.15, -0.1) is 0 Å². The number of fused-ring (bicyclic) bond motifs is 2. The average Bonchev–Trinajstić information content (AvgIpc) is 2.54. The van der Waals surface area contributed by atoms with E-state index in [4.69, 9.17) is 18.3 Å². The van der Waals surface area contributed by atoms with Crippen molar-refractivity contribution in [2.45, 2.75) is 76.8 Å². The molecule has 0 saturated carbocycles. The second-order valence-electron chi connectivity index (χ2n) is 7.99. The van der Waals surface area contributed by atoms with E-state index < -0.39 is 22.9 Å². The molecule has 128 valence electrons. The van der Waals surface area contributed by atoms with E-state index in [1.165, 1.54) is 6.92 Å². The molecule has 2 saturated heterocycles. The molecule has 5 atom stereocenters. The molecule has 0 aromatic carbocycles. The second-order valence-corrected chi connectivity index (χ2v) is 16.9. The number of carbonyl (C=O) groups is 1. The van der Waals surface area contributed by atoms with Crippen molar-refractivity contribution in [1.82, 2.24) is 5.32 Å². The fraction of sp³-hybridized carbons (Fsp3) is 0.929. The number of hydrogen-bond acceptors (Lipinski definition) is 5. The zero-order valence-corrected chi connectivity index (χ0v) is 16.6. The molecule has 0 aromatic rings. The first kappa shape index (κ1) is 18.1. The van der Waals surface area contributed by atoms with E-state index in [2.05, 4.69) is 44.6 Å². The molecule has 1 amide bonds. The number of amides is 1. The lowest BCUT2D eigenvalue weighted by atomic mass is 10.00. The molecule has 5 unspecified atom stereocenters. The van der Waals surface area contributed by atoms with Gasteiger partial charge in [0.2, 0.25) is 5.91 Å². The molecule has 8 heteroatoms. The monoisotopic (exact) mass is 347 g/mol. The number of rotatable bonds is 5. The Bertz CT molecular complexity index is 420. The van der Waals surface area contributed by atoms with E-state index in [0.29, 0.717) is 6.61 Å². The Hall–Kier alpha value is -0.256. The van der Waals surface area contributed by atoms with Crippen LogP contribution in [0.5, 0.6) is 0 Å². The normalized spacial score (nSPS) is 35.5. The van der Waals surface area contributed by atoms with Gasteiger partial charge in [0.05, 0.1) is 6.61 Å². The van der Waals surface area contributed by atoms with Crippen molar-refractivity contribution in [3.63, 3.8) is 0 Å². The quantitative estimate of drug-likeness (QED) is 0.767. The van der Waals surface area contributed by atoms with E-state index in [0.717, 1.165) is 0 Å². The maximum Gasteiger partial charge on any atom is 0.217 e. The van der Waals surface area contributed by atoms with Crippen LogP contribution in [0.3, 0.4) is 0 Å². The Labute approximate surface area is 135 Å². The Balaban J connectivity index is 2.19. The average molecular weight is 348 g/mol. The van der Waals surface area contributed by atoms with Gasteiger partial charge < -0.3 is 23.6 Å². The topological polar surface area (TPSA) is 66.0 Å². The van der Waals surface area contributed by atoms with Crippen molar-refractivity contribution in [3.8, 4) is 0 Å². The fourth-order valence-corrected chi connectivity index (χ4v) is 4.83. The van der Waals surface area contributed by atoms with Crippen LogP contribution in [0, 0.1) is 0 Å². The third kappa shape index (κ3) is 4.62. The third-order valence-corrected chi connectivity index (χ3v) is 5.35. The molecule has 2 fully saturated rings. The van der Waals surface area contributed by atoms with Crippen molar-refractivity contribution in [2.24, 2.45) is 0 Å². The van der Waals surface area contributed by atoms with Crippen molar-refractivity contribution in [2.75, 3.05) is 6.61 Å². The minimum absolute atomic E-state index is 0.113. The van der Waals surface area contributed by atoms with E-state index in [1.54, 1.807) is 0 Å². The molecule has 2 rings (SSSR count). The van der Waals surface area contributed by atoms with E-state index >= 15 is 0 Å². The van der Waals surface area contributed by atoms with Crippen LogP contribution in [0.2, 0.25) is 39.3 Å². The summed E-state index contributed by atoms with van der Waals surface area (Å²) >= 11 is 0. The summed E-state index contributed by atoms with van der Waals surface area (Å²) in [6, 6.07) is -0.329. The van der Waals surface area contributed by atoms with Crippen LogP contribution in [0.15, 0.2) is 0 Å². The van der Waals surface area contributed by atoms with E-state index in [-0.39, 0.29) is 30.3 Å². The summed E-state index contributed by atoms with van der Waals surface area (Å²) in [7, 11) is -3.53. The maximum absolute atomic E-state index is 11.6. The molecular weight excluding hydrogens is 318 g/mol. The molecular formula is C14H29NO5Si2. The van der Waals surface area contributed by atoms with Crippen LogP contribution in [0.1, 0.15) is 6.92 Å². The SMILES string of the molecule is CC(=O)NC1C(O[Si](C)(C)C)OC2COC1C2O[Si](C)(C)C. The molecule has 6 nitrogen and oxygen atoms in total. The number of carbonyl (C=O) groups excluding carboxylic acids is 1. The van der Waals surface area contributed by atoms with Crippen LogP contribution in [0.4, 0.5) is 0 Å².